The molecule has 0 N–H and O–H groups in total. The summed E-state index contributed by atoms with van der Waals surface area (Å²) in [5, 5.41) is 0. The monoisotopic (exact) mass is 312 g/mol. The number of ether oxygens (including phenoxy) is 2. The standard InChI is InChI=1S/C12H9F5O4/c1-20-5(18)3-2-4-6(19)21-12-10(16)8(14)7(13)9(15)11(12)17/h2-4H2,1H3. The average molecular weight is 312 g/mol. The molecule has 0 saturated heterocycles. The van der Waals surface area contributed by atoms with Gasteiger partial charge in [-0.2, -0.15) is 8.78 Å². The second-order valence-corrected chi connectivity index (χ2v) is 3.80. The first kappa shape index (κ1) is 16.9. The van der Waals surface area contributed by atoms with Gasteiger partial charge >= 0.3 is 11.9 Å². The van der Waals surface area contributed by atoms with Crippen molar-refractivity contribution in [3.63, 3.8) is 0 Å². The van der Waals surface area contributed by atoms with Gasteiger partial charge in [0.2, 0.25) is 34.8 Å². The van der Waals surface area contributed by atoms with E-state index in [0.29, 0.717) is 0 Å². The summed E-state index contributed by atoms with van der Waals surface area (Å²) in [7, 11) is 1.12. The Morgan fingerprint density at radius 1 is 0.810 bits per heavy atom. The van der Waals surface area contributed by atoms with Crippen molar-refractivity contribution >= 4 is 11.9 Å². The molecule has 9 heteroatoms. The predicted molar refractivity (Wildman–Crippen MR) is 57.7 cm³/mol. The fourth-order valence-corrected chi connectivity index (χ4v) is 1.32. The van der Waals surface area contributed by atoms with Gasteiger partial charge in [0.1, 0.15) is 0 Å². The molecule has 0 radical (unpaired) electrons. The van der Waals surface area contributed by atoms with Crippen LogP contribution in [-0.2, 0) is 14.3 Å². The van der Waals surface area contributed by atoms with E-state index < -0.39 is 53.2 Å². The lowest BCUT2D eigenvalue weighted by molar-refractivity contribution is -0.141. The fourth-order valence-electron chi connectivity index (χ4n) is 1.32. The number of methoxy groups -OCH3 is 1. The number of carbonyl (C=O) groups is 2. The zero-order valence-electron chi connectivity index (χ0n) is 10.6. The highest BCUT2D eigenvalue weighted by Gasteiger charge is 2.28. The highest BCUT2D eigenvalue weighted by atomic mass is 19.2. The van der Waals surface area contributed by atoms with Crippen molar-refractivity contribution in [1.29, 1.82) is 0 Å². The summed E-state index contributed by atoms with van der Waals surface area (Å²) < 4.78 is 73.2. The summed E-state index contributed by atoms with van der Waals surface area (Å²) in [6.07, 6.45) is -0.696. The maximum absolute atomic E-state index is 13.2. The van der Waals surface area contributed by atoms with E-state index in [1.54, 1.807) is 0 Å². The van der Waals surface area contributed by atoms with E-state index in [9.17, 15) is 31.5 Å². The molecular weight excluding hydrogens is 303 g/mol. The molecule has 116 valence electrons. The van der Waals surface area contributed by atoms with Crippen molar-refractivity contribution in [3.8, 4) is 5.75 Å². The lowest BCUT2D eigenvalue weighted by atomic mass is 10.2. The molecule has 1 aromatic rings. The molecule has 1 rings (SSSR count). The van der Waals surface area contributed by atoms with E-state index in [1.165, 1.54) is 0 Å². The first-order valence-corrected chi connectivity index (χ1v) is 5.58. The van der Waals surface area contributed by atoms with Crippen LogP contribution in [0.2, 0.25) is 0 Å². The third-order valence-corrected chi connectivity index (χ3v) is 2.37. The van der Waals surface area contributed by atoms with Gasteiger partial charge in [-0.3, -0.25) is 9.59 Å². The van der Waals surface area contributed by atoms with Crippen LogP contribution >= 0.6 is 0 Å². The second kappa shape index (κ2) is 7.00. The molecule has 0 aliphatic rings. The molecule has 1 aromatic carbocycles. The van der Waals surface area contributed by atoms with Crippen LogP contribution in [0.5, 0.6) is 5.75 Å². The van der Waals surface area contributed by atoms with Crippen LogP contribution in [0, 0.1) is 29.1 Å². The minimum absolute atomic E-state index is 0.0685. The van der Waals surface area contributed by atoms with Crippen molar-refractivity contribution in [2.45, 2.75) is 19.3 Å². The molecule has 0 atom stereocenters. The largest absolute Gasteiger partial charge is 0.469 e. The summed E-state index contributed by atoms with van der Waals surface area (Å²) in [5.41, 5.74) is 0. The van der Waals surface area contributed by atoms with Crippen LogP contribution in [0.4, 0.5) is 22.0 Å². The van der Waals surface area contributed by atoms with Gasteiger partial charge in [-0.1, -0.05) is 0 Å². The smallest absolute Gasteiger partial charge is 0.311 e. The van der Waals surface area contributed by atoms with E-state index in [-0.39, 0.29) is 12.8 Å². The van der Waals surface area contributed by atoms with E-state index in [1.807, 2.05) is 0 Å². The van der Waals surface area contributed by atoms with E-state index in [0.717, 1.165) is 7.11 Å². The Kier molecular flexibility index (Phi) is 5.62. The maximum Gasteiger partial charge on any atom is 0.311 e. The topological polar surface area (TPSA) is 52.6 Å². The van der Waals surface area contributed by atoms with Crippen LogP contribution in [0.3, 0.4) is 0 Å². The molecule has 0 unspecified atom stereocenters. The number of halogens is 5. The number of hydrogen-bond donors (Lipinski definition) is 0. The fraction of sp³-hybridized carbons (Fsp3) is 0.333. The molecule has 0 heterocycles. The first-order valence-electron chi connectivity index (χ1n) is 5.58. The lowest BCUT2D eigenvalue weighted by Gasteiger charge is -2.08. The molecule has 0 fully saturated rings. The van der Waals surface area contributed by atoms with Crippen LogP contribution in [0.15, 0.2) is 0 Å². The van der Waals surface area contributed by atoms with Crippen molar-refractivity contribution < 1.29 is 41.0 Å². The zero-order chi connectivity index (χ0) is 16.2. The van der Waals surface area contributed by atoms with Gasteiger partial charge in [0.15, 0.2) is 0 Å². The summed E-state index contributed by atoms with van der Waals surface area (Å²) in [6.45, 7) is 0. The first-order chi connectivity index (χ1) is 9.79. The van der Waals surface area contributed by atoms with Crippen molar-refractivity contribution in [2.75, 3.05) is 7.11 Å². The van der Waals surface area contributed by atoms with Gasteiger partial charge in [0.25, 0.3) is 0 Å². The van der Waals surface area contributed by atoms with Gasteiger partial charge in [-0.05, 0) is 6.42 Å². The molecule has 0 aromatic heterocycles. The van der Waals surface area contributed by atoms with Crippen molar-refractivity contribution in [3.05, 3.63) is 29.1 Å². The maximum atomic E-state index is 13.2. The molecule has 0 amide bonds. The number of rotatable bonds is 5. The van der Waals surface area contributed by atoms with Crippen molar-refractivity contribution in [2.24, 2.45) is 0 Å². The highest BCUT2D eigenvalue weighted by molar-refractivity contribution is 5.74. The predicted octanol–water partition coefficient (Wildman–Crippen LogP) is 2.63. The Labute approximate surface area is 115 Å². The Bertz CT molecular complexity index is 544. The summed E-state index contributed by atoms with van der Waals surface area (Å²) in [4.78, 5) is 22.0. The lowest BCUT2D eigenvalue weighted by Crippen LogP contribution is -2.14. The summed E-state index contributed by atoms with van der Waals surface area (Å²) in [5.74, 6) is -14.8. The quantitative estimate of drug-likeness (QED) is 0.276. The number of hydrogen-bond acceptors (Lipinski definition) is 4. The van der Waals surface area contributed by atoms with E-state index in [2.05, 4.69) is 9.47 Å². The third kappa shape index (κ3) is 3.89. The normalized spacial score (nSPS) is 10.4. The SMILES string of the molecule is COC(=O)CCCC(=O)Oc1c(F)c(F)c(F)c(F)c1F. The van der Waals surface area contributed by atoms with E-state index >= 15 is 0 Å². The minimum atomic E-state index is -2.35. The van der Waals surface area contributed by atoms with Crippen LogP contribution < -0.4 is 4.74 Å². The van der Waals surface area contributed by atoms with Crippen molar-refractivity contribution in [1.82, 2.24) is 0 Å². The third-order valence-electron chi connectivity index (χ3n) is 2.37. The highest BCUT2D eigenvalue weighted by Crippen LogP contribution is 2.29. The van der Waals surface area contributed by atoms with Crippen LogP contribution in [0.1, 0.15) is 19.3 Å². The van der Waals surface area contributed by atoms with Gasteiger partial charge in [0.05, 0.1) is 7.11 Å². The molecule has 0 bridgehead atoms. The Morgan fingerprint density at radius 3 is 1.71 bits per heavy atom. The average Bonchev–Trinajstić information content (AvgIpc) is 2.47. The van der Waals surface area contributed by atoms with Crippen LogP contribution in [-0.4, -0.2) is 19.0 Å². The van der Waals surface area contributed by atoms with Gasteiger partial charge in [0, 0.05) is 12.8 Å². The number of esters is 2. The van der Waals surface area contributed by atoms with Crippen LogP contribution in [0.25, 0.3) is 0 Å². The van der Waals surface area contributed by atoms with Gasteiger partial charge in [-0.25, -0.2) is 13.2 Å². The van der Waals surface area contributed by atoms with Gasteiger partial charge < -0.3 is 9.47 Å². The summed E-state index contributed by atoms with van der Waals surface area (Å²) in [6, 6.07) is 0. The van der Waals surface area contributed by atoms with Gasteiger partial charge in [-0.15, -0.1) is 0 Å². The molecule has 21 heavy (non-hydrogen) atoms. The molecule has 0 spiro atoms. The molecule has 0 aliphatic heterocycles. The number of carbonyl (C=O) groups excluding carboxylic acids is 2. The Morgan fingerprint density at radius 2 is 1.24 bits per heavy atom. The van der Waals surface area contributed by atoms with E-state index in [4.69, 9.17) is 0 Å². The minimum Gasteiger partial charge on any atom is -0.469 e. The Hall–Kier alpha value is -2.19. The second-order valence-electron chi connectivity index (χ2n) is 3.80. The Balaban J connectivity index is 2.80. The molecule has 0 saturated carbocycles. The molecule has 0 aliphatic carbocycles. The summed E-state index contributed by atoms with van der Waals surface area (Å²) >= 11 is 0. The molecular formula is C12H9F5O4. The number of benzene rings is 1. The zero-order valence-corrected chi connectivity index (χ0v) is 10.6. The molecule has 4 nitrogen and oxygen atoms in total.